The SMILES string of the molecule is CNC(=O)C(C)C(C=N)C(F)(F)F. The maximum atomic E-state index is 12.1. The Balaban J connectivity index is 4.59. The summed E-state index contributed by atoms with van der Waals surface area (Å²) in [6.45, 7) is 1.14. The Bertz CT molecular complexity index is 202. The van der Waals surface area contributed by atoms with Crippen molar-refractivity contribution < 1.29 is 18.0 Å². The van der Waals surface area contributed by atoms with Gasteiger partial charge in [-0.05, 0) is 0 Å². The number of nitrogens with one attached hydrogen (secondary N) is 2. The zero-order valence-corrected chi connectivity index (χ0v) is 7.27. The minimum Gasteiger partial charge on any atom is -0.359 e. The van der Waals surface area contributed by atoms with Gasteiger partial charge in [0.25, 0.3) is 0 Å². The van der Waals surface area contributed by atoms with E-state index >= 15 is 0 Å². The van der Waals surface area contributed by atoms with E-state index in [0.717, 1.165) is 6.92 Å². The molecule has 0 radical (unpaired) electrons. The van der Waals surface area contributed by atoms with Crippen molar-refractivity contribution in [2.24, 2.45) is 11.8 Å². The third-order valence-electron chi connectivity index (χ3n) is 1.76. The molecule has 0 saturated carbocycles. The van der Waals surface area contributed by atoms with Crippen LogP contribution in [0.2, 0.25) is 0 Å². The number of amides is 1. The number of hydrogen-bond acceptors (Lipinski definition) is 2. The normalized spacial score (nSPS) is 16.1. The van der Waals surface area contributed by atoms with Gasteiger partial charge < -0.3 is 10.7 Å². The van der Waals surface area contributed by atoms with E-state index < -0.39 is 23.9 Å². The Morgan fingerprint density at radius 1 is 1.54 bits per heavy atom. The molecule has 2 atom stereocenters. The number of carbonyl (C=O) groups is 1. The average molecular weight is 196 g/mol. The number of carbonyl (C=O) groups excluding carboxylic acids is 1. The molecule has 0 aliphatic heterocycles. The quantitative estimate of drug-likeness (QED) is 0.654. The number of rotatable bonds is 3. The molecule has 2 unspecified atom stereocenters. The molecule has 0 bridgehead atoms. The van der Waals surface area contributed by atoms with E-state index in [1.807, 2.05) is 0 Å². The van der Waals surface area contributed by atoms with Crippen molar-refractivity contribution in [1.29, 1.82) is 5.41 Å². The second-order valence-electron chi connectivity index (χ2n) is 2.64. The van der Waals surface area contributed by atoms with Crippen LogP contribution in [0.5, 0.6) is 0 Å². The monoisotopic (exact) mass is 196 g/mol. The summed E-state index contributed by atoms with van der Waals surface area (Å²) in [5.41, 5.74) is 0. The van der Waals surface area contributed by atoms with E-state index in [4.69, 9.17) is 5.41 Å². The first-order chi connectivity index (χ1) is 5.84. The van der Waals surface area contributed by atoms with Crippen molar-refractivity contribution in [3.8, 4) is 0 Å². The van der Waals surface area contributed by atoms with Crippen molar-refractivity contribution in [2.75, 3.05) is 7.05 Å². The maximum absolute atomic E-state index is 12.1. The van der Waals surface area contributed by atoms with Crippen molar-refractivity contribution >= 4 is 12.1 Å². The van der Waals surface area contributed by atoms with E-state index in [-0.39, 0.29) is 6.21 Å². The summed E-state index contributed by atoms with van der Waals surface area (Å²) in [5, 5.41) is 8.70. The van der Waals surface area contributed by atoms with Crippen molar-refractivity contribution in [3.63, 3.8) is 0 Å². The number of alkyl halides is 3. The first-order valence-electron chi connectivity index (χ1n) is 3.63. The fourth-order valence-electron chi connectivity index (χ4n) is 0.913. The minimum atomic E-state index is -4.53. The van der Waals surface area contributed by atoms with Crippen LogP contribution in [0.25, 0.3) is 0 Å². The van der Waals surface area contributed by atoms with Gasteiger partial charge in [-0.15, -0.1) is 0 Å². The third-order valence-corrected chi connectivity index (χ3v) is 1.76. The first kappa shape index (κ1) is 11.9. The van der Waals surface area contributed by atoms with Gasteiger partial charge in [0.05, 0.1) is 5.92 Å². The van der Waals surface area contributed by atoms with Gasteiger partial charge >= 0.3 is 6.18 Å². The molecule has 13 heavy (non-hydrogen) atoms. The van der Waals surface area contributed by atoms with Gasteiger partial charge in [-0.1, -0.05) is 6.92 Å². The summed E-state index contributed by atoms with van der Waals surface area (Å²) in [6, 6.07) is 0. The lowest BCUT2D eigenvalue weighted by atomic mass is 9.94. The highest BCUT2D eigenvalue weighted by atomic mass is 19.4. The van der Waals surface area contributed by atoms with E-state index in [1.165, 1.54) is 7.05 Å². The predicted octanol–water partition coefficient (Wildman–Crippen LogP) is 1.20. The Morgan fingerprint density at radius 2 is 2.00 bits per heavy atom. The van der Waals surface area contributed by atoms with Crippen molar-refractivity contribution in [3.05, 3.63) is 0 Å². The topological polar surface area (TPSA) is 53.0 Å². The summed E-state index contributed by atoms with van der Waals surface area (Å²) >= 11 is 0. The lowest BCUT2D eigenvalue weighted by molar-refractivity contribution is -0.170. The molecule has 0 fully saturated rings. The van der Waals surface area contributed by atoms with Crippen LogP contribution in [-0.4, -0.2) is 25.3 Å². The van der Waals surface area contributed by atoms with Crippen molar-refractivity contribution in [2.45, 2.75) is 13.1 Å². The number of hydrogen-bond donors (Lipinski definition) is 2. The lowest BCUT2D eigenvalue weighted by Crippen LogP contribution is -2.38. The van der Waals surface area contributed by atoms with Gasteiger partial charge in [-0.3, -0.25) is 4.79 Å². The number of halogens is 3. The van der Waals surface area contributed by atoms with Crippen LogP contribution in [-0.2, 0) is 4.79 Å². The molecule has 6 heteroatoms. The molecule has 1 amide bonds. The van der Waals surface area contributed by atoms with Crippen LogP contribution in [0.4, 0.5) is 13.2 Å². The molecule has 0 aromatic carbocycles. The van der Waals surface area contributed by atoms with Gasteiger partial charge in [0.2, 0.25) is 5.91 Å². The van der Waals surface area contributed by atoms with Gasteiger partial charge in [0, 0.05) is 13.3 Å². The van der Waals surface area contributed by atoms with Crippen molar-refractivity contribution in [1.82, 2.24) is 5.32 Å². The van der Waals surface area contributed by atoms with E-state index in [0.29, 0.717) is 0 Å². The van der Waals surface area contributed by atoms with Gasteiger partial charge in [-0.2, -0.15) is 13.2 Å². The van der Waals surface area contributed by atoms with Crippen LogP contribution in [0, 0.1) is 17.2 Å². The largest absolute Gasteiger partial charge is 0.397 e. The molecule has 0 rings (SSSR count). The zero-order valence-electron chi connectivity index (χ0n) is 7.27. The highest BCUT2D eigenvalue weighted by Gasteiger charge is 2.43. The van der Waals surface area contributed by atoms with Crippen LogP contribution in [0.3, 0.4) is 0 Å². The zero-order chi connectivity index (χ0) is 10.6. The fraction of sp³-hybridized carbons (Fsp3) is 0.714. The molecule has 0 aliphatic rings. The second kappa shape index (κ2) is 4.25. The van der Waals surface area contributed by atoms with Crippen LogP contribution >= 0.6 is 0 Å². The van der Waals surface area contributed by atoms with Gasteiger partial charge in [-0.25, -0.2) is 0 Å². The molecule has 0 heterocycles. The van der Waals surface area contributed by atoms with Crippen LogP contribution in [0.1, 0.15) is 6.92 Å². The smallest absolute Gasteiger partial charge is 0.359 e. The third kappa shape index (κ3) is 3.04. The molecule has 0 aromatic rings. The predicted molar refractivity (Wildman–Crippen MR) is 41.6 cm³/mol. The standard InChI is InChI=1S/C7H11F3N2O/c1-4(6(13)12-2)5(3-11)7(8,9)10/h3-5,11H,1-2H3,(H,12,13). The molecule has 0 aliphatic carbocycles. The molecule has 3 nitrogen and oxygen atoms in total. The molecular formula is C7H11F3N2O. The molecule has 0 saturated heterocycles. The van der Waals surface area contributed by atoms with Crippen LogP contribution in [0.15, 0.2) is 0 Å². The fourth-order valence-corrected chi connectivity index (χ4v) is 0.913. The van der Waals surface area contributed by atoms with Crippen LogP contribution < -0.4 is 5.32 Å². The Kier molecular flexibility index (Phi) is 3.90. The molecular weight excluding hydrogens is 185 g/mol. The highest BCUT2D eigenvalue weighted by Crippen LogP contribution is 2.30. The van der Waals surface area contributed by atoms with E-state index in [9.17, 15) is 18.0 Å². The summed E-state index contributed by atoms with van der Waals surface area (Å²) in [7, 11) is 1.26. The van der Waals surface area contributed by atoms with E-state index in [2.05, 4.69) is 5.32 Å². The van der Waals surface area contributed by atoms with E-state index in [1.54, 1.807) is 0 Å². The average Bonchev–Trinajstić information content (AvgIpc) is 2.01. The first-order valence-corrected chi connectivity index (χ1v) is 3.63. The summed E-state index contributed by atoms with van der Waals surface area (Å²) in [5.74, 6) is -3.99. The molecule has 0 aromatic heterocycles. The Labute approximate surface area is 73.8 Å². The lowest BCUT2D eigenvalue weighted by Gasteiger charge is -2.20. The Hall–Kier alpha value is -1.07. The highest BCUT2D eigenvalue weighted by molar-refractivity contribution is 5.81. The summed E-state index contributed by atoms with van der Waals surface area (Å²) < 4.78 is 36.4. The second-order valence-corrected chi connectivity index (χ2v) is 2.64. The summed E-state index contributed by atoms with van der Waals surface area (Å²) in [4.78, 5) is 10.8. The molecule has 2 N–H and O–H groups in total. The minimum absolute atomic E-state index is 0.250. The van der Waals surface area contributed by atoms with Gasteiger partial charge in [0.15, 0.2) is 0 Å². The Morgan fingerprint density at radius 3 is 2.23 bits per heavy atom. The molecule has 76 valence electrons. The maximum Gasteiger partial charge on any atom is 0.397 e. The molecule has 0 spiro atoms. The van der Waals surface area contributed by atoms with Gasteiger partial charge in [0.1, 0.15) is 5.92 Å². The summed E-state index contributed by atoms with van der Waals surface area (Å²) in [6.07, 6.45) is -4.28.